The quantitative estimate of drug-likeness (QED) is 0.106. The summed E-state index contributed by atoms with van der Waals surface area (Å²) in [6.07, 6.45) is 9.96. The number of phenols is 1. The SMILES string of the molecule is NC1=C2CSSCC(CO)C(O)C(Oc3cc(C4C=CC5C#CC(CCO)CCCCC(O)C5C(O)C4)ccc3O)CC(Cc3ccc[nH]3)C2=CCN1. The van der Waals surface area contributed by atoms with E-state index in [0.717, 1.165) is 41.7 Å². The Balaban J connectivity index is 1.31. The largest absolute Gasteiger partial charge is 0.504 e. The van der Waals surface area contributed by atoms with Crippen LogP contribution in [0.2, 0.25) is 0 Å². The van der Waals surface area contributed by atoms with Gasteiger partial charge >= 0.3 is 0 Å². The second kappa shape index (κ2) is 19.0. The number of nitrogens with one attached hydrogen (secondary N) is 2. The molecule has 12 heteroatoms. The van der Waals surface area contributed by atoms with Crippen LogP contribution in [0.25, 0.3) is 0 Å². The Labute approximate surface area is 320 Å². The van der Waals surface area contributed by atoms with Crippen LogP contribution in [0.15, 0.2) is 71.7 Å². The molecule has 0 saturated carbocycles. The first-order chi connectivity index (χ1) is 25.7. The van der Waals surface area contributed by atoms with Crippen LogP contribution >= 0.6 is 21.6 Å². The van der Waals surface area contributed by atoms with E-state index in [-0.39, 0.29) is 48.4 Å². The van der Waals surface area contributed by atoms with Crippen LogP contribution in [-0.2, 0) is 6.42 Å². The highest BCUT2D eigenvalue weighted by molar-refractivity contribution is 8.76. The lowest BCUT2D eigenvalue weighted by Crippen LogP contribution is -2.42. The van der Waals surface area contributed by atoms with Gasteiger partial charge in [-0.25, -0.2) is 0 Å². The number of H-pyrrole nitrogens is 1. The zero-order valence-electron chi connectivity index (χ0n) is 30.1. The fourth-order valence-corrected chi connectivity index (χ4v) is 10.8. The first-order valence-electron chi connectivity index (χ1n) is 19.0. The van der Waals surface area contributed by atoms with Gasteiger partial charge < -0.3 is 51.4 Å². The number of hydrogen-bond acceptors (Lipinski definition) is 11. The highest BCUT2D eigenvalue weighted by atomic mass is 33.1. The average Bonchev–Trinajstić information content (AvgIpc) is 3.60. The molecule has 10 nitrogen and oxygen atoms in total. The zero-order chi connectivity index (χ0) is 37.3. The molecule has 10 unspecified atom stereocenters. The van der Waals surface area contributed by atoms with Crippen molar-refractivity contribution in [1.29, 1.82) is 0 Å². The van der Waals surface area contributed by atoms with Crippen molar-refractivity contribution in [3.63, 3.8) is 0 Å². The zero-order valence-corrected chi connectivity index (χ0v) is 31.8. The van der Waals surface area contributed by atoms with Crippen LogP contribution in [0.5, 0.6) is 11.5 Å². The van der Waals surface area contributed by atoms with Crippen LogP contribution in [0.4, 0.5) is 0 Å². The number of aromatic nitrogens is 1. The van der Waals surface area contributed by atoms with Crippen molar-refractivity contribution >= 4 is 21.6 Å². The molecule has 2 aliphatic carbocycles. The standard InChI is InChI=1S/C41H55N3O7S2/c42-41-33-24-53-52-23-30(22-46)40(50)38(21-29(32(33)13-16-44-41)18-31-5-3-15-43-31)51-37-20-28(11-12-34(37)47)27-10-9-26-8-7-25(14-17-45)4-1-2-6-35(48)39(26)36(49)19-27/h3,5,9-13,15,20,25-27,29-30,35-36,38-40,43-50H,1-2,4,6,14,16-19,21-24,42H2. The molecule has 2 aliphatic heterocycles. The van der Waals surface area contributed by atoms with Gasteiger partial charge in [0.25, 0.3) is 0 Å². The lowest BCUT2D eigenvalue weighted by atomic mass is 9.79. The van der Waals surface area contributed by atoms with Crippen molar-refractivity contribution in [2.75, 3.05) is 31.3 Å². The molecule has 1 aromatic heterocycles. The van der Waals surface area contributed by atoms with E-state index in [1.54, 1.807) is 33.7 Å². The van der Waals surface area contributed by atoms with E-state index in [0.29, 0.717) is 56.0 Å². The van der Waals surface area contributed by atoms with Crippen LogP contribution in [0.3, 0.4) is 0 Å². The van der Waals surface area contributed by atoms with Gasteiger partial charge in [-0.3, -0.25) is 0 Å². The topological polar surface area (TPSA) is 184 Å². The van der Waals surface area contributed by atoms with Gasteiger partial charge in [-0.1, -0.05) is 70.6 Å². The highest BCUT2D eigenvalue weighted by Gasteiger charge is 2.38. The minimum atomic E-state index is -1.04. The second-order valence-corrected chi connectivity index (χ2v) is 17.4. The third-order valence-corrected chi connectivity index (χ3v) is 13.7. The first-order valence-corrected chi connectivity index (χ1v) is 21.5. The molecule has 6 rings (SSSR count). The molecule has 288 valence electrons. The lowest BCUT2D eigenvalue weighted by molar-refractivity contribution is -0.0214. The van der Waals surface area contributed by atoms with E-state index < -0.39 is 36.3 Å². The Morgan fingerprint density at radius 2 is 1.83 bits per heavy atom. The Morgan fingerprint density at radius 3 is 2.62 bits per heavy atom. The number of aliphatic hydroxyl groups is 5. The Kier molecular flexibility index (Phi) is 14.2. The molecule has 1 fully saturated rings. The summed E-state index contributed by atoms with van der Waals surface area (Å²) in [5.41, 5.74) is 10.5. The van der Waals surface area contributed by atoms with E-state index in [1.165, 1.54) is 0 Å². The predicted molar refractivity (Wildman–Crippen MR) is 211 cm³/mol. The molecule has 53 heavy (non-hydrogen) atoms. The maximum absolute atomic E-state index is 11.9. The second-order valence-electron chi connectivity index (χ2n) is 14.9. The molecular formula is C41H55N3O7S2. The van der Waals surface area contributed by atoms with Crippen LogP contribution in [-0.4, -0.2) is 91.3 Å². The summed E-state index contributed by atoms with van der Waals surface area (Å²) < 4.78 is 6.66. The number of rotatable bonds is 8. The van der Waals surface area contributed by atoms with Gasteiger partial charge in [-0.05, 0) is 79.8 Å². The normalized spacial score (nSPS) is 32.7. The molecule has 1 saturated heterocycles. The summed E-state index contributed by atoms with van der Waals surface area (Å²) in [7, 11) is 3.23. The average molecular weight is 766 g/mol. The van der Waals surface area contributed by atoms with Gasteiger partial charge in [0.15, 0.2) is 11.5 Å². The Bertz CT molecular complexity index is 1650. The monoisotopic (exact) mass is 765 g/mol. The number of ether oxygens (including phenoxy) is 1. The summed E-state index contributed by atoms with van der Waals surface area (Å²) in [6, 6.07) is 9.19. The van der Waals surface area contributed by atoms with Crippen molar-refractivity contribution in [3.05, 3.63) is 83.0 Å². The summed E-state index contributed by atoms with van der Waals surface area (Å²) in [5, 5.41) is 69.2. The van der Waals surface area contributed by atoms with Gasteiger partial charge in [-0.15, -0.1) is 0 Å². The van der Waals surface area contributed by atoms with Gasteiger partial charge in [-0.2, -0.15) is 0 Å². The molecule has 0 radical (unpaired) electrons. The molecule has 0 bridgehead atoms. The molecule has 0 spiro atoms. The third-order valence-electron chi connectivity index (χ3n) is 11.3. The summed E-state index contributed by atoms with van der Waals surface area (Å²) in [4.78, 5) is 3.32. The molecule has 2 aromatic rings. The van der Waals surface area contributed by atoms with E-state index in [9.17, 15) is 30.6 Å². The van der Waals surface area contributed by atoms with Crippen LogP contribution in [0.1, 0.15) is 62.1 Å². The van der Waals surface area contributed by atoms with Gasteiger partial charge in [0, 0.05) is 78.3 Å². The Morgan fingerprint density at radius 1 is 0.981 bits per heavy atom. The number of allylic oxidation sites excluding steroid dienone is 3. The van der Waals surface area contributed by atoms with Crippen molar-refractivity contribution < 1.29 is 35.4 Å². The molecule has 1 aromatic carbocycles. The third kappa shape index (κ3) is 10.00. The fourth-order valence-electron chi connectivity index (χ4n) is 8.27. The number of dihydropyridines is 1. The van der Waals surface area contributed by atoms with Gasteiger partial charge in [0.2, 0.25) is 0 Å². The molecule has 10 atom stereocenters. The number of aromatic hydroxyl groups is 1. The molecule has 4 aliphatic rings. The van der Waals surface area contributed by atoms with E-state index in [2.05, 4.69) is 28.2 Å². The molecule has 10 N–H and O–H groups in total. The number of aliphatic hydroxyl groups excluding tert-OH is 5. The molecule has 3 heterocycles. The highest BCUT2D eigenvalue weighted by Crippen LogP contribution is 2.42. The van der Waals surface area contributed by atoms with Crippen molar-refractivity contribution in [3.8, 4) is 23.3 Å². The minimum Gasteiger partial charge on any atom is -0.504 e. The fraction of sp³-hybridized carbons (Fsp3) is 0.561. The van der Waals surface area contributed by atoms with Gasteiger partial charge in [0.1, 0.15) is 11.9 Å². The number of hydrogen-bond donors (Lipinski definition) is 9. The van der Waals surface area contributed by atoms with Crippen LogP contribution < -0.4 is 15.8 Å². The summed E-state index contributed by atoms with van der Waals surface area (Å²) in [5.74, 6) is 7.12. The number of phenolic OH excluding ortho intramolecular Hbond substituents is 1. The van der Waals surface area contributed by atoms with Crippen molar-refractivity contribution in [2.45, 2.75) is 81.7 Å². The predicted octanol–water partition coefficient (Wildman–Crippen LogP) is 4.35. The van der Waals surface area contributed by atoms with E-state index in [4.69, 9.17) is 10.5 Å². The first kappa shape index (κ1) is 39.7. The molecular weight excluding hydrogens is 711 g/mol. The summed E-state index contributed by atoms with van der Waals surface area (Å²) >= 11 is 0. The Hall–Kier alpha value is -3.02. The van der Waals surface area contributed by atoms with Gasteiger partial charge in [0.05, 0.1) is 18.3 Å². The van der Waals surface area contributed by atoms with Crippen molar-refractivity contribution in [2.24, 2.45) is 35.3 Å². The lowest BCUT2D eigenvalue weighted by Gasteiger charge is -2.33. The smallest absolute Gasteiger partial charge is 0.161 e. The van der Waals surface area contributed by atoms with Crippen molar-refractivity contribution in [1.82, 2.24) is 10.3 Å². The number of aromatic amines is 1. The van der Waals surface area contributed by atoms with E-state index >= 15 is 0 Å². The van der Waals surface area contributed by atoms with Crippen LogP contribution in [0, 0.1) is 41.4 Å². The number of nitrogens with two attached hydrogens (primary N) is 1. The maximum atomic E-state index is 11.9. The number of fused-ring (bicyclic) bond motifs is 2. The minimum absolute atomic E-state index is 0.0731. The number of benzene rings is 1. The molecule has 0 amide bonds. The van der Waals surface area contributed by atoms with E-state index in [1.807, 2.05) is 36.5 Å². The summed E-state index contributed by atoms with van der Waals surface area (Å²) in [6.45, 7) is 0.446. The maximum Gasteiger partial charge on any atom is 0.161 e.